The minimum Gasteiger partial charge on any atom is -0.318 e. The molecule has 3 aromatic carbocycles. The molecular weight excluding hydrogens is 298 g/mol. The maximum absolute atomic E-state index is 11.9. The number of hydrogen-bond acceptors (Lipinski definition) is 3. The Hall–Kier alpha value is -2.94. The van der Waals surface area contributed by atoms with E-state index < -0.39 is 0 Å². The molecule has 3 nitrogen and oxygen atoms in total. The van der Waals surface area contributed by atoms with Gasteiger partial charge in [0.15, 0.2) is 0 Å². The van der Waals surface area contributed by atoms with Crippen molar-refractivity contribution in [2.24, 2.45) is 5.16 Å². The zero-order chi connectivity index (χ0) is 16.9. The average molecular weight is 317 g/mol. The Balaban J connectivity index is 1.71. The van der Waals surface area contributed by atoms with Crippen LogP contribution in [0.1, 0.15) is 23.6 Å². The van der Waals surface area contributed by atoms with Crippen molar-refractivity contribution < 1.29 is 9.63 Å². The molecule has 3 aromatic rings. The highest BCUT2D eigenvalue weighted by molar-refractivity contribution is 6.02. The molecule has 0 amide bonds. The van der Waals surface area contributed by atoms with E-state index in [2.05, 4.69) is 42.4 Å². The molecule has 0 saturated carbocycles. The lowest BCUT2D eigenvalue weighted by Crippen LogP contribution is -2.06. The number of oxime groups is 1. The van der Waals surface area contributed by atoms with Crippen molar-refractivity contribution in [2.75, 3.05) is 0 Å². The normalized spacial score (nSPS) is 11.5. The third kappa shape index (κ3) is 3.87. The molecule has 120 valence electrons. The highest BCUT2D eigenvalue weighted by Crippen LogP contribution is 2.18. The van der Waals surface area contributed by atoms with Crippen molar-refractivity contribution in [3.8, 4) is 0 Å². The fraction of sp³-hybridized carbons (Fsp3) is 0.143. The van der Waals surface area contributed by atoms with Gasteiger partial charge in [-0.05, 0) is 41.8 Å². The van der Waals surface area contributed by atoms with Gasteiger partial charge < -0.3 is 4.84 Å². The van der Waals surface area contributed by atoms with Gasteiger partial charge in [0, 0.05) is 0 Å². The lowest BCUT2D eigenvalue weighted by molar-refractivity contribution is -0.142. The minimum absolute atomic E-state index is 0.217. The summed E-state index contributed by atoms with van der Waals surface area (Å²) in [4.78, 5) is 16.9. The maximum Gasteiger partial charge on any atom is 0.339 e. The number of carbonyl (C=O) groups excluding carboxylic acids is 1. The van der Waals surface area contributed by atoms with Crippen LogP contribution in [0.5, 0.6) is 0 Å². The third-order valence-corrected chi connectivity index (χ3v) is 3.89. The molecule has 0 saturated heterocycles. The van der Waals surface area contributed by atoms with Crippen LogP contribution in [-0.2, 0) is 16.1 Å². The molecular formula is C21H19NO2. The van der Waals surface area contributed by atoms with Gasteiger partial charge >= 0.3 is 5.97 Å². The Morgan fingerprint density at radius 2 is 1.67 bits per heavy atom. The van der Waals surface area contributed by atoms with Gasteiger partial charge in [-0.2, -0.15) is 0 Å². The van der Waals surface area contributed by atoms with Gasteiger partial charge in [0.2, 0.25) is 0 Å². The van der Waals surface area contributed by atoms with E-state index in [1.807, 2.05) is 43.3 Å². The molecule has 0 aliphatic rings. The minimum atomic E-state index is -0.364. The smallest absolute Gasteiger partial charge is 0.318 e. The average Bonchev–Trinajstić information content (AvgIpc) is 2.60. The van der Waals surface area contributed by atoms with E-state index in [0.29, 0.717) is 5.71 Å². The van der Waals surface area contributed by atoms with Crippen LogP contribution in [0.4, 0.5) is 0 Å². The van der Waals surface area contributed by atoms with Gasteiger partial charge in [0.1, 0.15) is 0 Å². The molecule has 0 unspecified atom stereocenters. The summed E-state index contributed by atoms with van der Waals surface area (Å²) in [6, 6.07) is 21.9. The van der Waals surface area contributed by atoms with Crippen molar-refractivity contribution >= 4 is 22.5 Å². The molecule has 0 atom stereocenters. The number of rotatable bonds is 4. The van der Waals surface area contributed by atoms with Crippen molar-refractivity contribution in [2.45, 2.75) is 20.3 Å². The zero-order valence-corrected chi connectivity index (χ0v) is 13.8. The fourth-order valence-electron chi connectivity index (χ4n) is 2.56. The van der Waals surface area contributed by atoms with Crippen LogP contribution in [0.3, 0.4) is 0 Å². The van der Waals surface area contributed by atoms with E-state index >= 15 is 0 Å². The third-order valence-electron chi connectivity index (χ3n) is 3.89. The Morgan fingerprint density at radius 3 is 2.46 bits per heavy atom. The lowest BCUT2D eigenvalue weighted by atomic mass is 10.0. The van der Waals surface area contributed by atoms with Crippen molar-refractivity contribution in [3.63, 3.8) is 0 Å². The van der Waals surface area contributed by atoms with E-state index in [0.717, 1.165) is 16.5 Å². The zero-order valence-electron chi connectivity index (χ0n) is 13.8. The predicted octanol–water partition coefficient (Wildman–Crippen LogP) is 4.66. The van der Waals surface area contributed by atoms with Crippen LogP contribution in [0.25, 0.3) is 10.8 Å². The highest BCUT2D eigenvalue weighted by atomic mass is 16.7. The van der Waals surface area contributed by atoms with E-state index in [9.17, 15) is 4.79 Å². The van der Waals surface area contributed by atoms with Crippen LogP contribution >= 0.6 is 0 Å². The summed E-state index contributed by atoms with van der Waals surface area (Å²) >= 11 is 0. The lowest BCUT2D eigenvalue weighted by Gasteiger charge is -2.05. The Bertz CT molecular complexity index is 898. The van der Waals surface area contributed by atoms with E-state index in [4.69, 9.17) is 4.84 Å². The number of fused-ring (bicyclic) bond motifs is 1. The molecule has 0 N–H and O–H groups in total. The topological polar surface area (TPSA) is 38.7 Å². The second kappa shape index (κ2) is 7.09. The Labute approximate surface area is 141 Å². The second-order valence-corrected chi connectivity index (χ2v) is 5.87. The fourth-order valence-corrected chi connectivity index (χ4v) is 2.56. The molecule has 0 radical (unpaired) electrons. The molecule has 3 rings (SSSR count). The van der Waals surface area contributed by atoms with Crippen LogP contribution < -0.4 is 0 Å². The van der Waals surface area contributed by atoms with Gasteiger partial charge in [-0.1, -0.05) is 71.4 Å². The Morgan fingerprint density at radius 1 is 0.958 bits per heavy atom. The maximum atomic E-state index is 11.9. The first kappa shape index (κ1) is 15.9. The van der Waals surface area contributed by atoms with E-state index in [1.165, 1.54) is 10.9 Å². The molecule has 0 aliphatic carbocycles. The standard InChI is InChI=1S/C21H19NO2/c1-15-8-9-20-14-18(10-11-19(20)12-15)16(2)22-24-21(23)13-17-6-4-3-5-7-17/h3-12,14H,13H2,1-2H3/b22-16+. The first-order chi connectivity index (χ1) is 11.6. The molecule has 0 aromatic heterocycles. The van der Waals surface area contributed by atoms with Crippen molar-refractivity contribution in [3.05, 3.63) is 83.4 Å². The molecule has 0 heterocycles. The summed E-state index contributed by atoms with van der Waals surface area (Å²) in [5.41, 5.74) is 3.77. The molecule has 0 spiro atoms. The predicted molar refractivity (Wildman–Crippen MR) is 97.1 cm³/mol. The first-order valence-electron chi connectivity index (χ1n) is 7.91. The number of benzene rings is 3. The number of hydrogen-bond donors (Lipinski definition) is 0. The number of carbonyl (C=O) groups is 1. The molecule has 0 aliphatic heterocycles. The van der Waals surface area contributed by atoms with Crippen molar-refractivity contribution in [1.82, 2.24) is 0 Å². The van der Waals surface area contributed by atoms with Crippen LogP contribution in [0.2, 0.25) is 0 Å². The summed E-state index contributed by atoms with van der Waals surface area (Å²) in [5, 5.41) is 6.31. The van der Waals surface area contributed by atoms with Crippen molar-refractivity contribution in [1.29, 1.82) is 0 Å². The van der Waals surface area contributed by atoms with E-state index in [-0.39, 0.29) is 12.4 Å². The highest BCUT2D eigenvalue weighted by Gasteiger charge is 2.06. The Kier molecular flexibility index (Phi) is 4.71. The SMILES string of the molecule is C/C(=N\OC(=O)Cc1ccccc1)c1ccc2cc(C)ccc2c1. The van der Waals surface area contributed by atoms with Gasteiger partial charge in [0.25, 0.3) is 0 Å². The quantitative estimate of drug-likeness (QED) is 0.399. The summed E-state index contributed by atoms with van der Waals surface area (Å²) in [6.45, 7) is 3.91. The number of aryl methyl sites for hydroxylation is 1. The second-order valence-electron chi connectivity index (χ2n) is 5.87. The summed E-state index contributed by atoms with van der Waals surface area (Å²) in [6.07, 6.45) is 0.217. The van der Waals surface area contributed by atoms with Crippen LogP contribution in [-0.4, -0.2) is 11.7 Å². The summed E-state index contributed by atoms with van der Waals surface area (Å²) in [5.74, 6) is -0.364. The largest absolute Gasteiger partial charge is 0.339 e. The summed E-state index contributed by atoms with van der Waals surface area (Å²) < 4.78 is 0. The van der Waals surface area contributed by atoms with Crippen LogP contribution in [0.15, 0.2) is 71.9 Å². The monoisotopic (exact) mass is 317 g/mol. The molecule has 0 fully saturated rings. The van der Waals surface area contributed by atoms with Gasteiger partial charge in [-0.15, -0.1) is 0 Å². The molecule has 0 bridgehead atoms. The van der Waals surface area contributed by atoms with Crippen LogP contribution in [0, 0.1) is 6.92 Å². The van der Waals surface area contributed by atoms with Gasteiger partial charge in [0.05, 0.1) is 12.1 Å². The molecule has 3 heteroatoms. The molecule has 24 heavy (non-hydrogen) atoms. The van der Waals surface area contributed by atoms with Gasteiger partial charge in [-0.3, -0.25) is 0 Å². The summed E-state index contributed by atoms with van der Waals surface area (Å²) in [7, 11) is 0. The number of nitrogens with zero attached hydrogens (tertiary/aromatic N) is 1. The first-order valence-corrected chi connectivity index (χ1v) is 7.91. The van der Waals surface area contributed by atoms with E-state index in [1.54, 1.807) is 0 Å². The van der Waals surface area contributed by atoms with Gasteiger partial charge in [-0.25, -0.2) is 4.79 Å².